The second-order valence-corrected chi connectivity index (χ2v) is 5.16. The summed E-state index contributed by atoms with van der Waals surface area (Å²) in [5.41, 5.74) is 0.368. The van der Waals surface area contributed by atoms with Gasteiger partial charge in [0.1, 0.15) is 0 Å². The van der Waals surface area contributed by atoms with E-state index in [9.17, 15) is 18.0 Å². The first kappa shape index (κ1) is 16.9. The van der Waals surface area contributed by atoms with Crippen LogP contribution in [0.5, 0.6) is 0 Å². The van der Waals surface area contributed by atoms with Crippen LogP contribution < -0.4 is 0 Å². The lowest BCUT2D eigenvalue weighted by atomic mass is 10.1. The molecule has 1 aromatic heterocycles. The Morgan fingerprint density at radius 3 is 2.39 bits per heavy atom. The molecule has 0 radical (unpaired) electrons. The van der Waals surface area contributed by atoms with Crippen LogP contribution in [0.2, 0.25) is 0 Å². The van der Waals surface area contributed by atoms with E-state index in [0.717, 1.165) is 17.8 Å². The highest BCUT2D eigenvalue weighted by molar-refractivity contribution is 5.94. The molecule has 0 aliphatic carbocycles. The van der Waals surface area contributed by atoms with Gasteiger partial charge in [0, 0.05) is 31.0 Å². The van der Waals surface area contributed by atoms with Gasteiger partial charge >= 0.3 is 6.18 Å². The van der Waals surface area contributed by atoms with Crippen molar-refractivity contribution in [2.45, 2.75) is 12.7 Å². The van der Waals surface area contributed by atoms with E-state index in [1.807, 2.05) is 29.9 Å². The number of halogens is 3. The maximum atomic E-state index is 12.6. The van der Waals surface area contributed by atoms with Crippen LogP contribution in [0.15, 0.2) is 55.3 Å². The standard InChI is InChI=1S/C17H17F3N2O/c1-3-10-22(12-15-5-4-11-21(15)2)16(23)13-6-8-14(9-7-13)17(18,19)20/h3-9,11H,1,10,12H2,2H3. The molecular formula is C17H17F3N2O. The third kappa shape index (κ3) is 4.03. The SMILES string of the molecule is C=CCN(Cc1cccn1C)C(=O)c1ccc(C(F)(F)F)cc1. The zero-order valence-corrected chi connectivity index (χ0v) is 12.7. The van der Waals surface area contributed by atoms with E-state index < -0.39 is 11.7 Å². The predicted molar refractivity (Wildman–Crippen MR) is 81.8 cm³/mol. The second kappa shape index (κ2) is 6.73. The number of hydrogen-bond acceptors (Lipinski definition) is 1. The normalized spacial score (nSPS) is 11.3. The molecule has 1 aromatic carbocycles. The van der Waals surface area contributed by atoms with Gasteiger partial charge in [-0.25, -0.2) is 0 Å². The fraction of sp³-hybridized carbons (Fsp3) is 0.235. The van der Waals surface area contributed by atoms with Crippen LogP contribution in [-0.4, -0.2) is 21.9 Å². The smallest absolute Gasteiger partial charge is 0.353 e. The Morgan fingerprint density at radius 1 is 1.26 bits per heavy atom. The van der Waals surface area contributed by atoms with Crippen molar-refractivity contribution in [3.8, 4) is 0 Å². The molecule has 0 aliphatic rings. The van der Waals surface area contributed by atoms with Crippen LogP contribution in [0.4, 0.5) is 13.2 Å². The maximum Gasteiger partial charge on any atom is 0.416 e. The number of amides is 1. The third-order valence-corrected chi connectivity index (χ3v) is 3.50. The first-order chi connectivity index (χ1) is 10.8. The monoisotopic (exact) mass is 322 g/mol. The minimum absolute atomic E-state index is 0.217. The molecule has 0 saturated heterocycles. The Labute approximate surface area is 132 Å². The minimum Gasteiger partial charge on any atom is -0.353 e. The number of rotatable bonds is 5. The number of aromatic nitrogens is 1. The Kier molecular flexibility index (Phi) is 4.93. The summed E-state index contributed by atoms with van der Waals surface area (Å²) in [6.07, 6.45) is -0.958. The van der Waals surface area contributed by atoms with Crippen LogP contribution in [0.25, 0.3) is 0 Å². The number of aryl methyl sites for hydroxylation is 1. The van der Waals surface area contributed by atoms with Crippen molar-refractivity contribution < 1.29 is 18.0 Å². The number of benzene rings is 1. The van der Waals surface area contributed by atoms with E-state index in [4.69, 9.17) is 0 Å². The summed E-state index contributed by atoms with van der Waals surface area (Å²) < 4.78 is 39.6. The number of carbonyl (C=O) groups excluding carboxylic acids is 1. The Bertz CT molecular complexity index is 687. The van der Waals surface area contributed by atoms with Crippen molar-refractivity contribution >= 4 is 5.91 Å². The van der Waals surface area contributed by atoms with Crippen molar-refractivity contribution in [1.29, 1.82) is 0 Å². The van der Waals surface area contributed by atoms with E-state index in [1.54, 1.807) is 6.08 Å². The lowest BCUT2D eigenvalue weighted by Gasteiger charge is -2.22. The van der Waals surface area contributed by atoms with Gasteiger partial charge in [-0.1, -0.05) is 6.08 Å². The zero-order chi connectivity index (χ0) is 17.0. The van der Waals surface area contributed by atoms with Crippen molar-refractivity contribution in [2.75, 3.05) is 6.54 Å². The molecule has 0 unspecified atom stereocenters. The van der Waals surface area contributed by atoms with Gasteiger partial charge in [-0.3, -0.25) is 4.79 Å². The van der Waals surface area contributed by atoms with Crippen molar-refractivity contribution in [3.05, 3.63) is 72.1 Å². The summed E-state index contributed by atoms with van der Waals surface area (Å²) >= 11 is 0. The lowest BCUT2D eigenvalue weighted by Crippen LogP contribution is -2.31. The molecule has 0 saturated carbocycles. The van der Waals surface area contributed by atoms with Gasteiger partial charge in [-0.05, 0) is 36.4 Å². The molecule has 2 rings (SSSR count). The zero-order valence-electron chi connectivity index (χ0n) is 12.7. The van der Waals surface area contributed by atoms with Gasteiger partial charge in [0.2, 0.25) is 0 Å². The number of alkyl halides is 3. The average Bonchev–Trinajstić information content (AvgIpc) is 2.90. The Balaban J connectivity index is 2.20. The van der Waals surface area contributed by atoms with Gasteiger partial charge in [0.05, 0.1) is 12.1 Å². The maximum absolute atomic E-state index is 12.6. The summed E-state index contributed by atoms with van der Waals surface area (Å²) in [6, 6.07) is 7.99. The van der Waals surface area contributed by atoms with Crippen molar-refractivity contribution in [3.63, 3.8) is 0 Å². The van der Waals surface area contributed by atoms with E-state index in [-0.39, 0.29) is 11.5 Å². The fourth-order valence-electron chi connectivity index (χ4n) is 2.22. The van der Waals surface area contributed by atoms with Crippen LogP contribution >= 0.6 is 0 Å². The summed E-state index contributed by atoms with van der Waals surface area (Å²) in [6.45, 7) is 4.29. The first-order valence-corrected chi connectivity index (χ1v) is 7.00. The van der Waals surface area contributed by atoms with E-state index in [0.29, 0.717) is 13.1 Å². The summed E-state index contributed by atoms with van der Waals surface area (Å²) in [4.78, 5) is 14.1. The largest absolute Gasteiger partial charge is 0.416 e. The lowest BCUT2D eigenvalue weighted by molar-refractivity contribution is -0.137. The van der Waals surface area contributed by atoms with Crippen LogP contribution in [0.1, 0.15) is 21.6 Å². The topological polar surface area (TPSA) is 25.2 Å². The molecule has 3 nitrogen and oxygen atoms in total. The van der Waals surface area contributed by atoms with Crippen molar-refractivity contribution in [1.82, 2.24) is 9.47 Å². The van der Waals surface area contributed by atoms with Crippen molar-refractivity contribution in [2.24, 2.45) is 7.05 Å². The Morgan fingerprint density at radius 2 is 1.91 bits per heavy atom. The summed E-state index contributed by atoms with van der Waals surface area (Å²) in [5, 5.41) is 0. The highest BCUT2D eigenvalue weighted by atomic mass is 19.4. The molecule has 1 heterocycles. The highest BCUT2D eigenvalue weighted by Gasteiger charge is 2.30. The minimum atomic E-state index is -4.41. The highest BCUT2D eigenvalue weighted by Crippen LogP contribution is 2.29. The van der Waals surface area contributed by atoms with Crippen LogP contribution in [0.3, 0.4) is 0 Å². The summed E-state index contributed by atoms with van der Waals surface area (Å²) in [7, 11) is 1.87. The number of carbonyl (C=O) groups is 1. The molecule has 0 N–H and O–H groups in total. The predicted octanol–water partition coefficient (Wildman–Crippen LogP) is 3.87. The van der Waals surface area contributed by atoms with Gasteiger partial charge < -0.3 is 9.47 Å². The molecule has 122 valence electrons. The van der Waals surface area contributed by atoms with Crippen LogP contribution in [0, 0.1) is 0 Å². The quantitative estimate of drug-likeness (QED) is 0.767. The van der Waals surface area contributed by atoms with Crippen LogP contribution in [-0.2, 0) is 19.8 Å². The van der Waals surface area contributed by atoms with Gasteiger partial charge in [-0.2, -0.15) is 13.2 Å². The third-order valence-electron chi connectivity index (χ3n) is 3.50. The van der Waals surface area contributed by atoms with Gasteiger partial charge in [0.25, 0.3) is 5.91 Å². The molecule has 0 atom stereocenters. The fourth-order valence-corrected chi connectivity index (χ4v) is 2.22. The number of nitrogens with zero attached hydrogens (tertiary/aromatic N) is 2. The molecular weight excluding hydrogens is 305 g/mol. The van der Waals surface area contributed by atoms with Gasteiger partial charge in [0.15, 0.2) is 0 Å². The van der Waals surface area contributed by atoms with Gasteiger partial charge in [-0.15, -0.1) is 6.58 Å². The molecule has 0 bridgehead atoms. The molecule has 0 aliphatic heterocycles. The molecule has 23 heavy (non-hydrogen) atoms. The molecule has 1 amide bonds. The molecule has 2 aromatic rings. The summed E-state index contributed by atoms with van der Waals surface area (Å²) in [5.74, 6) is -0.333. The van der Waals surface area contributed by atoms with E-state index in [1.165, 1.54) is 17.0 Å². The molecule has 6 heteroatoms. The molecule has 0 spiro atoms. The first-order valence-electron chi connectivity index (χ1n) is 7.00. The number of hydrogen-bond donors (Lipinski definition) is 0. The Hall–Kier alpha value is -2.50. The van der Waals surface area contributed by atoms with E-state index >= 15 is 0 Å². The second-order valence-electron chi connectivity index (χ2n) is 5.16. The molecule has 0 fully saturated rings. The average molecular weight is 322 g/mol. The van der Waals surface area contributed by atoms with E-state index in [2.05, 4.69) is 6.58 Å².